The molecule has 2 amide bonds. The number of nitrogens with one attached hydrogen (secondary N) is 2. The van der Waals surface area contributed by atoms with E-state index in [1.807, 2.05) is 82.2 Å². The number of para-hydroxylation sites is 1. The van der Waals surface area contributed by atoms with Crippen LogP contribution in [0.25, 0.3) is 50.6 Å². The molecule has 0 saturated carbocycles. The van der Waals surface area contributed by atoms with Crippen LogP contribution in [0.2, 0.25) is 0 Å². The Bertz CT molecular complexity index is 3090. The maximum Gasteiger partial charge on any atom is 0.227 e. The zero-order chi connectivity index (χ0) is 46.2. The fourth-order valence-electron chi connectivity index (χ4n) is 9.06. The number of anilines is 2. The van der Waals surface area contributed by atoms with Gasteiger partial charge in [-0.05, 0) is 66.2 Å². The molecular weight excluding hydrogens is 913 g/mol. The Morgan fingerprint density at radius 1 is 0.687 bits per heavy atom. The molecule has 8 aromatic rings. The van der Waals surface area contributed by atoms with E-state index in [-0.39, 0.29) is 30.3 Å². The third kappa shape index (κ3) is 8.84. The molecule has 2 aliphatic heterocycles. The summed E-state index contributed by atoms with van der Waals surface area (Å²) in [6.45, 7) is 7.37. The topological polar surface area (TPSA) is 221 Å². The molecule has 0 atom stereocenters. The second-order valence-electron chi connectivity index (χ2n) is 17.2. The molecule has 67 heavy (non-hydrogen) atoms. The molecule has 6 N–H and O–H groups in total. The first-order valence-electron chi connectivity index (χ1n) is 22.5. The molecular formula is C48H51BrN16O2. The zero-order valence-electron chi connectivity index (χ0n) is 37.3. The molecule has 0 aliphatic carbocycles. The van der Waals surface area contributed by atoms with E-state index in [0.717, 1.165) is 94.8 Å². The van der Waals surface area contributed by atoms with Gasteiger partial charge in [0, 0.05) is 110 Å². The standard InChI is InChI=1S/C48H51BrN16O2/c1-29-40(26-52-34-12-16-61(17-13-34)30(2)66)59-47-38(24-57-64(47)44(29)50)32-21-54-46(55-22-32)37-11-7-6-8-31(37)20-42(67)62-18-14-35(15-19-62)53-27-41-43(49)45(51)65-48(60-41)39(25-58-65)33-23-56-63(28-33)36-9-4-3-5-10-36/h3-11,21-25,28,34-35,52-53H,12-20,26-27,50-51H2,1-2H3. The van der Waals surface area contributed by atoms with Crippen molar-refractivity contribution in [3.05, 3.63) is 119 Å². The second kappa shape index (κ2) is 18.7. The maximum absolute atomic E-state index is 13.8. The van der Waals surface area contributed by atoms with Crippen LogP contribution in [0.3, 0.4) is 0 Å². The Labute approximate surface area is 394 Å². The van der Waals surface area contributed by atoms with Gasteiger partial charge in [0.1, 0.15) is 11.6 Å². The van der Waals surface area contributed by atoms with Gasteiger partial charge in [0.2, 0.25) is 11.8 Å². The van der Waals surface area contributed by atoms with Gasteiger partial charge < -0.3 is 31.9 Å². The van der Waals surface area contributed by atoms with Gasteiger partial charge in [-0.1, -0.05) is 42.5 Å². The first-order valence-corrected chi connectivity index (χ1v) is 23.3. The number of piperidine rings is 2. The lowest BCUT2D eigenvalue weighted by Crippen LogP contribution is -2.45. The minimum Gasteiger partial charge on any atom is -0.383 e. The van der Waals surface area contributed by atoms with Crippen LogP contribution in [-0.2, 0) is 29.1 Å². The number of carbonyl (C=O) groups excluding carboxylic acids is 2. The number of hydrogen-bond donors (Lipinski definition) is 4. The fraction of sp³-hybridized carbons (Fsp3) is 0.312. The van der Waals surface area contributed by atoms with Gasteiger partial charge in [0.15, 0.2) is 17.1 Å². The number of fused-ring (bicyclic) bond motifs is 2. The highest BCUT2D eigenvalue weighted by atomic mass is 79.9. The molecule has 19 heteroatoms. The summed E-state index contributed by atoms with van der Waals surface area (Å²) in [5.41, 5.74) is 22.8. The molecule has 6 aromatic heterocycles. The van der Waals surface area contributed by atoms with Gasteiger partial charge in [0.05, 0.1) is 46.6 Å². The minimum absolute atomic E-state index is 0.0612. The molecule has 18 nitrogen and oxygen atoms in total. The van der Waals surface area contributed by atoms with E-state index >= 15 is 0 Å². The Kier molecular flexibility index (Phi) is 12.2. The Morgan fingerprint density at radius 2 is 1.27 bits per heavy atom. The van der Waals surface area contributed by atoms with Gasteiger partial charge in [-0.25, -0.2) is 24.6 Å². The Morgan fingerprint density at radius 3 is 1.94 bits per heavy atom. The van der Waals surface area contributed by atoms with Crippen molar-refractivity contribution in [3.8, 4) is 39.3 Å². The van der Waals surface area contributed by atoms with E-state index in [1.54, 1.807) is 46.9 Å². The molecule has 0 radical (unpaired) electrons. The lowest BCUT2D eigenvalue weighted by atomic mass is 10.0. The van der Waals surface area contributed by atoms with Crippen LogP contribution in [0.1, 0.15) is 55.1 Å². The molecule has 2 aliphatic rings. The molecule has 0 unspecified atom stereocenters. The SMILES string of the molecule is CC(=O)N1CCC(NCc2nc3c(-c4cnc(-c5ccccc5CC(=O)N5CCC(NCc6nc7c(-c8cnn(-c9ccccc9)c8)cnn7c(N)c6Br)CC5)nc4)cnn3c(N)c2C)CC1. The molecule has 0 bridgehead atoms. The normalized spacial score (nSPS) is 15.0. The van der Waals surface area contributed by atoms with Crippen molar-refractivity contribution in [1.29, 1.82) is 0 Å². The number of benzene rings is 2. The van der Waals surface area contributed by atoms with Gasteiger partial charge >= 0.3 is 0 Å². The highest BCUT2D eigenvalue weighted by Gasteiger charge is 2.26. The van der Waals surface area contributed by atoms with Crippen molar-refractivity contribution >= 4 is 50.7 Å². The molecule has 8 heterocycles. The predicted octanol–water partition coefficient (Wildman–Crippen LogP) is 5.41. The average Bonchev–Trinajstić information content (AvgIpc) is 4.13. The number of halogens is 1. The molecule has 2 fully saturated rings. The third-order valence-electron chi connectivity index (χ3n) is 13.1. The minimum atomic E-state index is 0.0612. The van der Waals surface area contributed by atoms with Crippen molar-refractivity contribution in [3.63, 3.8) is 0 Å². The molecule has 2 saturated heterocycles. The summed E-state index contributed by atoms with van der Waals surface area (Å²) < 4.78 is 5.82. The fourth-order valence-corrected chi connectivity index (χ4v) is 9.45. The number of carbonyl (C=O) groups is 2. The summed E-state index contributed by atoms with van der Waals surface area (Å²) in [5.74, 6) is 1.70. The van der Waals surface area contributed by atoms with E-state index in [1.165, 1.54) is 0 Å². The van der Waals surface area contributed by atoms with E-state index in [9.17, 15) is 9.59 Å². The molecule has 10 rings (SSSR count). The van der Waals surface area contributed by atoms with Crippen LogP contribution in [0.5, 0.6) is 0 Å². The van der Waals surface area contributed by atoms with Gasteiger partial charge in [-0.3, -0.25) is 9.59 Å². The lowest BCUT2D eigenvalue weighted by molar-refractivity contribution is -0.131. The summed E-state index contributed by atoms with van der Waals surface area (Å²) in [5, 5.41) is 20.9. The lowest BCUT2D eigenvalue weighted by Gasteiger charge is -2.32. The highest BCUT2D eigenvalue weighted by Crippen LogP contribution is 2.32. The monoisotopic (exact) mass is 962 g/mol. The van der Waals surface area contributed by atoms with E-state index in [2.05, 4.69) is 41.9 Å². The van der Waals surface area contributed by atoms with Crippen LogP contribution in [0, 0.1) is 6.92 Å². The van der Waals surface area contributed by atoms with Crippen molar-refractivity contribution in [2.24, 2.45) is 0 Å². The van der Waals surface area contributed by atoms with Crippen LogP contribution >= 0.6 is 15.9 Å². The van der Waals surface area contributed by atoms with Crippen LogP contribution in [0.15, 0.2) is 96.3 Å². The van der Waals surface area contributed by atoms with Crippen molar-refractivity contribution in [2.75, 3.05) is 37.6 Å². The predicted molar refractivity (Wildman–Crippen MR) is 259 cm³/mol. The van der Waals surface area contributed by atoms with Crippen molar-refractivity contribution in [1.82, 2.24) is 69.4 Å². The summed E-state index contributed by atoms with van der Waals surface area (Å²) >= 11 is 3.67. The number of nitrogens with two attached hydrogens (primary N) is 2. The summed E-state index contributed by atoms with van der Waals surface area (Å²) in [6, 6.07) is 18.2. The molecule has 2 aromatic carbocycles. The first kappa shape index (κ1) is 43.8. The molecule has 342 valence electrons. The quantitative estimate of drug-likeness (QED) is 0.121. The van der Waals surface area contributed by atoms with E-state index < -0.39 is 0 Å². The average molecular weight is 964 g/mol. The Hall–Kier alpha value is -7.09. The number of rotatable bonds is 12. The summed E-state index contributed by atoms with van der Waals surface area (Å²) in [7, 11) is 0. The van der Waals surface area contributed by atoms with Crippen LogP contribution in [0.4, 0.5) is 11.6 Å². The number of nitrogens with zero attached hydrogens (tertiary/aromatic N) is 12. The highest BCUT2D eigenvalue weighted by molar-refractivity contribution is 9.10. The largest absolute Gasteiger partial charge is 0.383 e. The number of aromatic nitrogens is 10. The second-order valence-corrected chi connectivity index (χ2v) is 18.0. The third-order valence-corrected chi connectivity index (χ3v) is 14.0. The number of likely N-dealkylation sites (tertiary alicyclic amines) is 2. The summed E-state index contributed by atoms with van der Waals surface area (Å²) in [6.07, 6.45) is 14.4. The zero-order valence-corrected chi connectivity index (χ0v) is 38.9. The smallest absolute Gasteiger partial charge is 0.227 e. The maximum atomic E-state index is 13.8. The van der Waals surface area contributed by atoms with Crippen LogP contribution in [-0.4, -0.2) is 109 Å². The number of nitrogen functional groups attached to an aromatic ring is 2. The Balaban J connectivity index is 0.764. The number of amides is 2. The van der Waals surface area contributed by atoms with Gasteiger partial charge in [-0.15, -0.1) is 0 Å². The first-order chi connectivity index (χ1) is 32.6. The van der Waals surface area contributed by atoms with Crippen molar-refractivity contribution in [2.45, 2.75) is 71.1 Å². The number of hydrogen-bond acceptors (Lipinski definition) is 13. The van der Waals surface area contributed by atoms with Gasteiger partial charge in [-0.2, -0.15) is 24.3 Å². The van der Waals surface area contributed by atoms with Crippen LogP contribution < -0.4 is 22.1 Å². The van der Waals surface area contributed by atoms with Gasteiger partial charge in [0.25, 0.3) is 0 Å². The van der Waals surface area contributed by atoms with E-state index in [0.29, 0.717) is 59.4 Å². The summed E-state index contributed by atoms with van der Waals surface area (Å²) in [4.78, 5) is 49.0. The molecule has 0 spiro atoms. The van der Waals surface area contributed by atoms with Crippen molar-refractivity contribution < 1.29 is 9.59 Å². The van der Waals surface area contributed by atoms with E-state index in [4.69, 9.17) is 31.4 Å².